The van der Waals surface area contributed by atoms with E-state index in [-0.39, 0.29) is 23.1 Å². The van der Waals surface area contributed by atoms with E-state index >= 15 is 0 Å². The van der Waals surface area contributed by atoms with Crippen LogP contribution < -0.4 is 20.5 Å². The van der Waals surface area contributed by atoms with E-state index in [2.05, 4.69) is 15.8 Å². The zero-order chi connectivity index (χ0) is 23.4. The number of ether oxygens (including phenoxy) is 1. The summed E-state index contributed by atoms with van der Waals surface area (Å²) in [6.45, 7) is 0.466. The van der Waals surface area contributed by atoms with Crippen molar-refractivity contribution in [1.82, 2.24) is 20.5 Å². The minimum absolute atomic E-state index is 0.186. The van der Waals surface area contributed by atoms with E-state index in [4.69, 9.17) is 16.3 Å². The van der Waals surface area contributed by atoms with Crippen molar-refractivity contribution in [3.8, 4) is 11.6 Å². The minimum Gasteiger partial charge on any atom is -0.467 e. The molecule has 0 bridgehead atoms. The number of benzene rings is 2. The highest BCUT2D eigenvalue weighted by molar-refractivity contribution is 6.32. The molecule has 33 heavy (non-hydrogen) atoms. The van der Waals surface area contributed by atoms with E-state index < -0.39 is 24.4 Å². The van der Waals surface area contributed by atoms with Crippen LogP contribution in [0, 0.1) is 0 Å². The molecule has 0 unspecified atom stereocenters. The lowest BCUT2D eigenvalue weighted by Crippen LogP contribution is -2.29. The molecule has 0 radical (unpaired) electrons. The molecular weight excluding hydrogens is 459 g/mol. The Bertz CT molecular complexity index is 1180. The van der Waals surface area contributed by atoms with Gasteiger partial charge in [0.05, 0.1) is 16.4 Å². The van der Waals surface area contributed by atoms with Crippen LogP contribution >= 0.6 is 11.6 Å². The third-order valence-electron chi connectivity index (χ3n) is 4.71. The standard InChI is InChI=1S/C22H19ClF3N5O2/c23-17-7-1-2-8-18(17)31-21(12-19(29-31)22(24,25)26)33-14-20(32)27-13-15-5-3-6-16(11-15)30-10-4-9-28-30/h1-8,10-12,28H,9,13-14H2,(H,27,32). The third kappa shape index (κ3) is 5.47. The van der Waals surface area contributed by atoms with Gasteiger partial charge in [0.1, 0.15) is 0 Å². The number of aromatic nitrogens is 2. The maximum absolute atomic E-state index is 13.2. The Kier molecular flexibility index (Phi) is 6.57. The number of nitrogens with one attached hydrogen (secondary N) is 2. The van der Waals surface area contributed by atoms with Gasteiger partial charge in [-0.2, -0.15) is 23.0 Å². The van der Waals surface area contributed by atoms with Gasteiger partial charge in [-0.3, -0.25) is 9.80 Å². The van der Waals surface area contributed by atoms with Crippen LogP contribution in [0.1, 0.15) is 11.3 Å². The average Bonchev–Trinajstić information content (AvgIpc) is 3.47. The Hall–Kier alpha value is -3.50. The predicted octanol–water partition coefficient (Wildman–Crippen LogP) is 4.08. The van der Waals surface area contributed by atoms with Crippen molar-refractivity contribution in [3.05, 3.63) is 83.2 Å². The fourth-order valence-electron chi connectivity index (χ4n) is 3.15. The van der Waals surface area contributed by atoms with Crippen molar-refractivity contribution in [2.45, 2.75) is 12.7 Å². The van der Waals surface area contributed by atoms with Crippen molar-refractivity contribution in [3.63, 3.8) is 0 Å². The summed E-state index contributed by atoms with van der Waals surface area (Å²) in [7, 11) is 0. The third-order valence-corrected chi connectivity index (χ3v) is 5.03. The van der Waals surface area contributed by atoms with Crippen molar-refractivity contribution in [1.29, 1.82) is 0 Å². The minimum atomic E-state index is -4.68. The topological polar surface area (TPSA) is 71.4 Å². The molecule has 1 amide bonds. The van der Waals surface area contributed by atoms with Gasteiger partial charge in [0.25, 0.3) is 5.91 Å². The first-order valence-electron chi connectivity index (χ1n) is 9.91. The molecule has 0 atom stereocenters. The zero-order valence-electron chi connectivity index (χ0n) is 17.1. The van der Waals surface area contributed by atoms with Crippen LogP contribution in [0.25, 0.3) is 5.69 Å². The van der Waals surface area contributed by atoms with Crippen LogP contribution in [0.2, 0.25) is 5.02 Å². The van der Waals surface area contributed by atoms with E-state index in [1.54, 1.807) is 12.1 Å². The Morgan fingerprint density at radius 1 is 1.18 bits per heavy atom. The maximum Gasteiger partial charge on any atom is 0.435 e. The summed E-state index contributed by atoms with van der Waals surface area (Å²) in [6, 6.07) is 14.5. The first kappa shape index (κ1) is 22.7. The Labute approximate surface area is 192 Å². The lowest BCUT2D eigenvalue weighted by atomic mass is 10.2. The van der Waals surface area contributed by atoms with Gasteiger partial charge in [-0.15, -0.1) is 0 Å². The second-order valence-corrected chi connectivity index (χ2v) is 7.49. The predicted molar refractivity (Wildman–Crippen MR) is 117 cm³/mol. The van der Waals surface area contributed by atoms with Crippen molar-refractivity contribution in [2.24, 2.45) is 0 Å². The molecule has 2 heterocycles. The molecule has 172 valence electrons. The van der Waals surface area contributed by atoms with Crippen LogP contribution in [-0.4, -0.2) is 28.8 Å². The maximum atomic E-state index is 13.2. The van der Waals surface area contributed by atoms with Crippen LogP contribution in [0.4, 0.5) is 18.9 Å². The second-order valence-electron chi connectivity index (χ2n) is 7.08. The van der Waals surface area contributed by atoms with Crippen molar-refractivity contribution < 1.29 is 22.7 Å². The molecule has 1 aromatic heterocycles. The molecule has 1 aliphatic heterocycles. The summed E-state index contributed by atoms with van der Waals surface area (Å²) < 4.78 is 45.9. The molecule has 7 nitrogen and oxygen atoms in total. The Morgan fingerprint density at radius 3 is 2.73 bits per heavy atom. The summed E-state index contributed by atoms with van der Waals surface area (Å²) in [5.41, 5.74) is 3.97. The van der Waals surface area contributed by atoms with Crippen molar-refractivity contribution >= 4 is 23.2 Å². The molecule has 11 heteroatoms. The lowest BCUT2D eigenvalue weighted by Gasteiger charge is -2.17. The van der Waals surface area contributed by atoms with E-state index in [1.165, 1.54) is 12.1 Å². The van der Waals surface area contributed by atoms with Gasteiger partial charge in [-0.25, -0.2) is 5.43 Å². The SMILES string of the molecule is O=C(COc1cc(C(F)(F)F)nn1-c1ccccc1Cl)NCc1cccc(N2C=CCN2)c1. The molecule has 0 saturated heterocycles. The van der Waals surface area contributed by atoms with Gasteiger partial charge >= 0.3 is 6.18 Å². The number of hydrazine groups is 1. The van der Waals surface area contributed by atoms with Gasteiger partial charge < -0.3 is 10.1 Å². The van der Waals surface area contributed by atoms with E-state index in [0.29, 0.717) is 0 Å². The number of hydrogen-bond donors (Lipinski definition) is 2. The molecule has 1 aliphatic rings. The van der Waals surface area contributed by atoms with E-state index in [1.807, 2.05) is 41.6 Å². The number of hydrogen-bond acceptors (Lipinski definition) is 5. The molecule has 2 N–H and O–H groups in total. The van der Waals surface area contributed by atoms with Gasteiger partial charge in [0.15, 0.2) is 12.3 Å². The van der Waals surface area contributed by atoms with Gasteiger partial charge in [-0.1, -0.05) is 41.9 Å². The number of nitrogens with zero attached hydrogens (tertiary/aromatic N) is 3. The highest BCUT2D eigenvalue weighted by Crippen LogP contribution is 2.33. The van der Waals surface area contributed by atoms with Crippen LogP contribution in [0.3, 0.4) is 0 Å². The molecule has 4 rings (SSSR count). The number of rotatable bonds is 7. The number of para-hydroxylation sites is 1. The number of alkyl halides is 3. The normalized spacial score (nSPS) is 13.4. The number of carbonyl (C=O) groups is 1. The molecule has 0 aliphatic carbocycles. The first-order chi connectivity index (χ1) is 15.8. The van der Waals surface area contributed by atoms with E-state index in [0.717, 1.165) is 28.5 Å². The summed E-state index contributed by atoms with van der Waals surface area (Å²) >= 11 is 6.11. The summed E-state index contributed by atoms with van der Waals surface area (Å²) in [6.07, 6.45) is -0.802. The largest absolute Gasteiger partial charge is 0.467 e. The number of anilines is 1. The summed E-state index contributed by atoms with van der Waals surface area (Å²) in [5, 5.41) is 8.31. The fraction of sp³-hybridized carbons (Fsp3) is 0.182. The second kappa shape index (κ2) is 9.55. The summed E-state index contributed by atoms with van der Waals surface area (Å²) in [5.74, 6) is -0.750. The number of halogens is 4. The van der Waals surface area contributed by atoms with Crippen LogP contribution in [-0.2, 0) is 17.5 Å². The smallest absolute Gasteiger partial charge is 0.435 e. The lowest BCUT2D eigenvalue weighted by molar-refractivity contribution is -0.141. The van der Waals surface area contributed by atoms with Crippen molar-refractivity contribution in [2.75, 3.05) is 18.2 Å². The molecule has 2 aromatic carbocycles. The summed E-state index contributed by atoms with van der Waals surface area (Å²) in [4.78, 5) is 12.3. The molecule has 0 spiro atoms. The monoisotopic (exact) mass is 477 g/mol. The van der Waals surface area contributed by atoms with Crippen LogP contribution in [0.15, 0.2) is 66.9 Å². The molecule has 0 saturated carbocycles. The van der Waals surface area contributed by atoms with Gasteiger partial charge in [-0.05, 0) is 29.8 Å². The first-order valence-corrected chi connectivity index (χ1v) is 10.3. The van der Waals surface area contributed by atoms with Gasteiger partial charge in [0.2, 0.25) is 5.88 Å². The Morgan fingerprint density at radius 2 is 2.00 bits per heavy atom. The van der Waals surface area contributed by atoms with Crippen LogP contribution in [0.5, 0.6) is 5.88 Å². The van der Waals surface area contributed by atoms with Gasteiger partial charge in [0, 0.05) is 25.4 Å². The molecular formula is C22H19ClF3N5O2. The quantitative estimate of drug-likeness (QED) is 0.536. The van der Waals surface area contributed by atoms with E-state index in [9.17, 15) is 18.0 Å². The molecule has 0 fully saturated rings. The highest BCUT2D eigenvalue weighted by Gasteiger charge is 2.36. The Balaban J connectivity index is 1.42. The number of carbonyl (C=O) groups excluding carboxylic acids is 1. The number of amides is 1. The highest BCUT2D eigenvalue weighted by atomic mass is 35.5. The fourth-order valence-corrected chi connectivity index (χ4v) is 3.36. The average molecular weight is 478 g/mol. The molecule has 3 aromatic rings. The zero-order valence-corrected chi connectivity index (χ0v) is 17.9.